The molecule has 2 aromatic heterocycles. The highest BCUT2D eigenvalue weighted by Crippen LogP contribution is 2.39. The number of hydrogen-bond acceptors (Lipinski definition) is 6. The molecule has 2 aromatic carbocycles. The zero-order valence-electron chi connectivity index (χ0n) is 14.7. The van der Waals surface area contributed by atoms with Crippen LogP contribution in [0.3, 0.4) is 0 Å². The standard InChI is InChI=1S/C21H15N3O4/c25-19(16-11-13-4-1-2-7-17(13)27-21(16)26)22-15-6-3-5-14(10-15)18-23-20(28-24-18)12-8-9-12/h1-7,10-12H,8-9H2,(H,22,25). The molecular formula is C21H15N3O4. The van der Waals surface area contributed by atoms with Crippen molar-refractivity contribution in [3.05, 3.63) is 76.5 Å². The van der Waals surface area contributed by atoms with Gasteiger partial charge in [-0.05, 0) is 37.1 Å². The van der Waals surface area contributed by atoms with Crippen LogP contribution in [-0.4, -0.2) is 16.0 Å². The van der Waals surface area contributed by atoms with Crippen molar-refractivity contribution < 1.29 is 13.7 Å². The Morgan fingerprint density at radius 3 is 2.79 bits per heavy atom. The second kappa shape index (κ2) is 6.45. The van der Waals surface area contributed by atoms with E-state index in [1.54, 1.807) is 36.4 Å². The molecule has 0 unspecified atom stereocenters. The first-order valence-corrected chi connectivity index (χ1v) is 8.96. The van der Waals surface area contributed by atoms with Crippen molar-refractivity contribution in [3.63, 3.8) is 0 Å². The molecule has 5 rings (SSSR count). The third-order valence-electron chi connectivity index (χ3n) is 4.63. The molecule has 28 heavy (non-hydrogen) atoms. The maximum absolute atomic E-state index is 12.6. The molecule has 1 N–H and O–H groups in total. The van der Waals surface area contributed by atoms with Crippen LogP contribution in [0.4, 0.5) is 5.69 Å². The SMILES string of the molecule is O=C(Nc1cccc(-c2noc(C3CC3)n2)c1)c1cc2ccccc2oc1=O. The lowest BCUT2D eigenvalue weighted by atomic mass is 10.1. The summed E-state index contributed by atoms with van der Waals surface area (Å²) in [6.45, 7) is 0. The Morgan fingerprint density at radius 2 is 1.93 bits per heavy atom. The predicted octanol–water partition coefficient (Wildman–Crippen LogP) is 3.97. The topological polar surface area (TPSA) is 98.2 Å². The van der Waals surface area contributed by atoms with Crippen LogP contribution in [-0.2, 0) is 0 Å². The molecule has 7 heteroatoms. The van der Waals surface area contributed by atoms with Crippen molar-refractivity contribution in [2.24, 2.45) is 0 Å². The number of nitrogens with zero attached hydrogens (tertiary/aromatic N) is 2. The smallest absolute Gasteiger partial charge is 0.349 e. The Bertz CT molecular complexity index is 1250. The number of aromatic nitrogens is 2. The molecular weight excluding hydrogens is 358 g/mol. The Labute approximate surface area is 159 Å². The Balaban J connectivity index is 1.42. The van der Waals surface area contributed by atoms with Gasteiger partial charge in [0.1, 0.15) is 11.1 Å². The van der Waals surface area contributed by atoms with Crippen LogP contribution in [0.25, 0.3) is 22.4 Å². The van der Waals surface area contributed by atoms with Gasteiger partial charge in [-0.1, -0.05) is 35.5 Å². The highest BCUT2D eigenvalue weighted by molar-refractivity contribution is 6.05. The van der Waals surface area contributed by atoms with Gasteiger partial charge in [0.25, 0.3) is 5.91 Å². The fraction of sp³-hybridized carbons (Fsp3) is 0.143. The van der Waals surface area contributed by atoms with Gasteiger partial charge >= 0.3 is 5.63 Å². The molecule has 7 nitrogen and oxygen atoms in total. The zero-order chi connectivity index (χ0) is 19.1. The van der Waals surface area contributed by atoms with Crippen molar-refractivity contribution in [2.75, 3.05) is 5.32 Å². The fourth-order valence-electron chi connectivity index (χ4n) is 3.00. The molecule has 0 atom stereocenters. The number of anilines is 1. The summed E-state index contributed by atoms with van der Waals surface area (Å²) in [5, 5.41) is 7.42. The molecule has 0 spiro atoms. The maximum atomic E-state index is 12.6. The molecule has 0 saturated heterocycles. The normalized spacial score (nSPS) is 13.6. The van der Waals surface area contributed by atoms with Gasteiger partial charge in [0, 0.05) is 22.6 Å². The van der Waals surface area contributed by atoms with Crippen molar-refractivity contribution >= 4 is 22.6 Å². The molecule has 138 valence electrons. The fourth-order valence-corrected chi connectivity index (χ4v) is 3.00. The summed E-state index contributed by atoms with van der Waals surface area (Å²) in [5.74, 6) is 0.959. The van der Waals surface area contributed by atoms with Crippen LogP contribution in [0.15, 0.2) is 68.3 Å². The van der Waals surface area contributed by atoms with Gasteiger partial charge in [0.2, 0.25) is 11.7 Å². The maximum Gasteiger partial charge on any atom is 0.349 e. The lowest BCUT2D eigenvalue weighted by molar-refractivity contribution is 0.102. The molecule has 2 heterocycles. The third-order valence-corrected chi connectivity index (χ3v) is 4.63. The first-order valence-electron chi connectivity index (χ1n) is 8.96. The Morgan fingerprint density at radius 1 is 1.07 bits per heavy atom. The summed E-state index contributed by atoms with van der Waals surface area (Å²) in [4.78, 5) is 29.2. The second-order valence-electron chi connectivity index (χ2n) is 6.75. The van der Waals surface area contributed by atoms with E-state index in [0.717, 1.165) is 18.4 Å². The predicted molar refractivity (Wildman–Crippen MR) is 102 cm³/mol. The van der Waals surface area contributed by atoms with Crippen molar-refractivity contribution in [3.8, 4) is 11.4 Å². The van der Waals surface area contributed by atoms with Gasteiger partial charge in [-0.15, -0.1) is 0 Å². The number of hydrogen-bond donors (Lipinski definition) is 1. The zero-order valence-corrected chi connectivity index (χ0v) is 14.7. The number of fused-ring (bicyclic) bond motifs is 1. The lowest BCUT2D eigenvalue weighted by Crippen LogP contribution is -2.20. The molecule has 1 fully saturated rings. The average Bonchev–Trinajstić information content (AvgIpc) is 3.44. The van der Waals surface area contributed by atoms with E-state index >= 15 is 0 Å². The monoisotopic (exact) mass is 373 g/mol. The van der Waals surface area contributed by atoms with Crippen LogP contribution >= 0.6 is 0 Å². The minimum atomic E-state index is -0.681. The number of carbonyl (C=O) groups is 1. The number of rotatable bonds is 4. The van der Waals surface area contributed by atoms with E-state index in [0.29, 0.717) is 34.3 Å². The summed E-state index contributed by atoms with van der Waals surface area (Å²) in [7, 11) is 0. The Kier molecular flexibility index (Phi) is 3.79. The highest BCUT2D eigenvalue weighted by Gasteiger charge is 2.29. The minimum Gasteiger partial charge on any atom is -0.422 e. The number of amides is 1. The van der Waals surface area contributed by atoms with Crippen molar-refractivity contribution in [1.82, 2.24) is 10.1 Å². The van der Waals surface area contributed by atoms with E-state index in [-0.39, 0.29) is 5.56 Å². The van der Waals surface area contributed by atoms with E-state index in [1.807, 2.05) is 12.1 Å². The van der Waals surface area contributed by atoms with Gasteiger partial charge in [-0.3, -0.25) is 4.79 Å². The van der Waals surface area contributed by atoms with Crippen LogP contribution < -0.4 is 10.9 Å². The minimum absolute atomic E-state index is 0.0558. The Hall–Kier alpha value is -3.74. The van der Waals surface area contributed by atoms with Crippen LogP contribution in [0.5, 0.6) is 0 Å². The molecule has 0 radical (unpaired) electrons. The molecule has 1 saturated carbocycles. The van der Waals surface area contributed by atoms with Crippen molar-refractivity contribution in [2.45, 2.75) is 18.8 Å². The van der Waals surface area contributed by atoms with Gasteiger partial charge in [-0.25, -0.2) is 4.79 Å². The van der Waals surface area contributed by atoms with Crippen LogP contribution in [0, 0.1) is 0 Å². The average molecular weight is 373 g/mol. The summed E-state index contributed by atoms with van der Waals surface area (Å²) in [6.07, 6.45) is 2.15. The number of nitrogens with one attached hydrogen (secondary N) is 1. The molecule has 1 aliphatic rings. The van der Waals surface area contributed by atoms with Crippen LogP contribution in [0.1, 0.15) is 35.0 Å². The second-order valence-corrected chi connectivity index (χ2v) is 6.75. The third kappa shape index (κ3) is 3.07. The summed E-state index contributed by atoms with van der Waals surface area (Å²) >= 11 is 0. The van der Waals surface area contributed by atoms with Crippen LogP contribution in [0.2, 0.25) is 0 Å². The first kappa shape index (κ1) is 16.4. The number of benzene rings is 2. The van der Waals surface area contributed by atoms with Crippen molar-refractivity contribution in [1.29, 1.82) is 0 Å². The van der Waals surface area contributed by atoms with E-state index < -0.39 is 11.5 Å². The van der Waals surface area contributed by atoms with E-state index in [2.05, 4.69) is 15.5 Å². The summed E-state index contributed by atoms with van der Waals surface area (Å²) in [6, 6.07) is 15.7. The summed E-state index contributed by atoms with van der Waals surface area (Å²) < 4.78 is 10.5. The largest absolute Gasteiger partial charge is 0.422 e. The van der Waals surface area contributed by atoms with Gasteiger partial charge in [-0.2, -0.15) is 4.98 Å². The van der Waals surface area contributed by atoms with Gasteiger partial charge in [0.05, 0.1) is 0 Å². The number of carbonyl (C=O) groups excluding carboxylic acids is 1. The molecule has 4 aromatic rings. The van der Waals surface area contributed by atoms with E-state index in [1.165, 1.54) is 6.07 Å². The molecule has 1 amide bonds. The van der Waals surface area contributed by atoms with Gasteiger partial charge < -0.3 is 14.3 Å². The van der Waals surface area contributed by atoms with E-state index in [4.69, 9.17) is 8.94 Å². The van der Waals surface area contributed by atoms with Gasteiger partial charge in [0.15, 0.2) is 0 Å². The lowest BCUT2D eigenvalue weighted by Gasteiger charge is -2.06. The van der Waals surface area contributed by atoms with E-state index in [9.17, 15) is 9.59 Å². The molecule has 0 bridgehead atoms. The highest BCUT2D eigenvalue weighted by atomic mass is 16.5. The molecule has 1 aliphatic carbocycles. The number of para-hydroxylation sites is 1. The quantitative estimate of drug-likeness (QED) is 0.544. The summed E-state index contributed by atoms with van der Waals surface area (Å²) in [5.41, 5.74) is 0.945. The molecule has 0 aliphatic heterocycles. The first-order chi connectivity index (χ1) is 13.7.